The highest BCUT2D eigenvalue weighted by Crippen LogP contribution is 2.17. The summed E-state index contributed by atoms with van der Waals surface area (Å²) in [5.41, 5.74) is 0. The Hall–Kier alpha value is -1.10. The minimum atomic E-state index is -1.01. The van der Waals surface area contributed by atoms with E-state index in [1.807, 2.05) is 0 Å². The van der Waals surface area contributed by atoms with Crippen LogP contribution in [0.4, 0.5) is 0 Å². The van der Waals surface area contributed by atoms with Crippen molar-refractivity contribution in [2.45, 2.75) is 44.7 Å². The average Bonchev–Trinajstić information content (AvgIpc) is 2.66. The maximum atomic E-state index is 11.3. The molecule has 1 fully saturated rings. The van der Waals surface area contributed by atoms with Crippen LogP contribution in [0.25, 0.3) is 0 Å². The second-order valence-corrected chi connectivity index (χ2v) is 3.99. The molecule has 0 aromatic heterocycles. The fourth-order valence-electron chi connectivity index (χ4n) is 1.72. The molecule has 0 aromatic rings. The zero-order valence-corrected chi connectivity index (χ0v) is 8.95. The van der Waals surface area contributed by atoms with Crippen LogP contribution in [0.15, 0.2) is 0 Å². The zero-order chi connectivity index (χ0) is 11.3. The Kier molecular flexibility index (Phi) is 4.55. The molecule has 1 aliphatic carbocycles. The molecule has 1 rings (SSSR count). The summed E-state index contributed by atoms with van der Waals surface area (Å²) in [6.45, 7) is 1.66. The first-order chi connectivity index (χ1) is 7.09. The van der Waals surface area contributed by atoms with E-state index in [1.165, 1.54) is 19.8 Å². The lowest BCUT2D eigenvalue weighted by Crippen LogP contribution is -2.44. The van der Waals surface area contributed by atoms with Crippen molar-refractivity contribution < 1.29 is 14.7 Å². The van der Waals surface area contributed by atoms with Crippen molar-refractivity contribution in [2.75, 3.05) is 6.54 Å². The lowest BCUT2D eigenvalue weighted by Gasteiger charge is -2.13. The monoisotopic (exact) mass is 214 g/mol. The zero-order valence-electron chi connectivity index (χ0n) is 8.95. The predicted molar refractivity (Wildman–Crippen MR) is 55.5 cm³/mol. The summed E-state index contributed by atoms with van der Waals surface area (Å²) in [4.78, 5) is 21.7. The molecule has 0 saturated heterocycles. The summed E-state index contributed by atoms with van der Waals surface area (Å²) in [6, 6.07) is -0.390. The summed E-state index contributed by atoms with van der Waals surface area (Å²) in [7, 11) is 0. The van der Waals surface area contributed by atoms with Gasteiger partial charge >= 0.3 is 5.97 Å². The highest BCUT2D eigenvalue weighted by atomic mass is 16.4. The molecule has 86 valence electrons. The molecule has 0 aliphatic heterocycles. The van der Waals surface area contributed by atoms with Gasteiger partial charge in [0, 0.05) is 6.04 Å². The molecule has 1 atom stereocenters. The van der Waals surface area contributed by atoms with Crippen LogP contribution in [-0.4, -0.2) is 35.6 Å². The number of carbonyl (C=O) groups is 2. The number of carboxylic acids is 1. The molecule has 15 heavy (non-hydrogen) atoms. The van der Waals surface area contributed by atoms with Crippen LogP contribution < -0.4 is 10.6 Å². The first kappa shape index (κ1) is 12.0. The van der Waals surface area contributed by atoms with Crippen molar-refractivity contribution >= 4 is 11.9 Å². The summed E-state index contributed by atoms with van der Waals surface area (Å²) >= 11 is 0. The predicted octanol–water partition coefficient (Wildman–Crippen LogP) is 0.108. The molecule has 0 unspecified atom stereocenters. The van der Waals surface area contributed by atoms with Crippen LogP contribution in [0.3, 0.4) is 0 Å². The lowest BCUT2D eigenvalue weighted by molar-refractivity contribution is -0.141. The molecule has 1 amide bonds. The maximum absolute atomic E-state index is 11.3. The first-order valence-corrected chi connectivity index (χ1v) is 5.35. The Balaban J connectivity index is 2.15. The minimum Gasteiger partial charge on any atom is -0.480 e. The average molecular weight is 214 g/mol. The van der Waals surface area contributed by atoms with Crippen molar-refractivity contribution in [3.05, 3.63) is 0 Å². The number of amides is 1. The van der Waals surface area contributed by atoms with E-state index in [0.29, 0.717) is 6.04 Å². The van der Waals surface area contributed by atoms with Crippen molar-refractivity contribution in [1.82, 2.24) is 10.6 Å². The Morgan fingerprint density at radius 2 is 2.00 bits per heavy atom. The second kappa shape index (κ2) is 5.70. The van der Waals surface area contributed by atoms with Gasteiger partial charge in [0.1, 0.15) is 6.04 Å². The topological polar surface area (TPSA) is 78.4 Å². The van der Waals surface area contributed by atoms with Crippen molar-refractivity contribution in [3.8, 4) is 0 Å². The number of hydrogen-bond donors (Lipinski definition) is 3. The van der Waals surface area contributed by atoms with E-state index < -0.39 is 12.0 Å². The Morgan fingerprint density at radius 3 is 2.53 bits per heavy atom. The lowest BCUT2D eigenvalue weighted by atomic mass is 10.2. The molecular formula is C10H18N2O3. The van der Waals surface area contributed by atoms with Gasteiger partial charge in [0.05, 0.1) is 6.54 Å². The third-order valence-corrected chi connectivity index (χ3v) is 2.65. The Labute approximate surface area is 89.2 Å². The van der Waals surface area contributed by atoms with Gasteiger partial charge in [-0.15, -0.1) is 0 Å². The molecule has 3 N–H and O–H groups in total. The van der Waals surface area contributed by atoms with Gasteiger partial charge in [0.25, 0.3) is 0 Å². The van der Waals surface area contributed by atoms with E-state index in [-0.39, 0.29) is 12.5 Å². The van der Waals surface area contributed by atoms with Crippen molar-refractivity contribution in [3.63, 3.8) is 0 Å². The molecule has 0 radical (unpaired) electrons. The van der Waals surface area contributed by atoms with E-state index in [1.54, 1.807) is 0 Å². The van der Waals surface area contributed by atoms with Gasteiger partial charge in [-0.25, -0.2) is 0 Å². The minimum absolute atomic E-state index is 0.211. The second-order valence-electron chi connectivity index (χ2n) is 3.99. The van der Waals surface area contributed by atoms with Crippen LogP contribution in [0.5, 0.6) is 0 Å². The standard InChI is InChI=1S/C10H18N2O3/c1-7(10(14)15)12-9(13)6-11-8-4-2-3-5-8/h7-8,11H,2-6H2,1H3,(H,12,13)(H,14,15)/t7-/m1/s1. The number of carbonyl (C=O) groups excluding carboxylic acids is 1. The summed E-state index contributed by atoms with van der Waals surface area (Å²) in [6.07, 6.45) is 4.65. The van der Waals surface area contributed by atoms with E-state index in [0.717, 1.165) is 12.8 Å². The quantitative estimate of drug-likeness (QED) is 0.607. The van der Waals surface area contributed by atoms with Gasteiger partial charge in [-0.2, -0.15) is 0 Å². The highest BCUT2D eigenvalue weighted by molar-refractivity contribution is 5.84. The van der Waals surface area contributed by atoms with E-state index in [4.69, 9.17) is 5.11 Å². The molecule has 0 heterocycles. The molecule has 0 aromatic carbocycles. The normalized spacial score (nSPS) is 18.7. The van der Waals surface area contributed by atoms with E-state index in [9.17, 15) is 9.59 Å². The number of rotatable bonds is 5. The van der Waals surface area contributed by atoms with Gasteiger partial charge in [0.2, 0.25) is 5.91 Å². The van der Waals surface area contributed by atoms with Gasteiger partial charge < -0.3 is 15.7 Å². The molecule has 0 spiro atoms. The third kappa shape index (κ3) is 4.29. The van der Waals surface area contributed by atoms with Gasteiger partial charge in [-0.3, -0.25) is 9.59 Å². The summed E-state index contributed by atoms with van der Waals surface area (Å²) in [5.74, 6) is -1.26. The van der Waals surface area contributed by atoms with Crippen LogP contribution in [0, 0.1) is 0 Å². The van der Waals surface area contributed by atoms with Crippen molar-refractivity contribution in [1.29, 1.82) is 0 Å². The third-order valence-electron chi connectivity index (χ3n) is 2.65. The molecule has 1 aliphatic rings. The van der Waals surface area contributed by atoms with Crippen LogP contribution in [-0.2, 0) is 9.59 Å². The van der Waals surface area contributed by atoms with Gasteiger partial charge in [0.15, 0.2) is 0 Å². The maximum Gasteiger partial charge on any atom is 0.325 e. The first-order valence-electron chi connectivity index (χ1n) is 5.35. The smallest absolute Gasteiger partial charge is 0.325 e. The number of nitrogens with one attached hydrogen (secondary N) is 2. The van der Waals surface area contributed by atoms with E-state index in [2.05, 4.69) is 10.6 Å². The molecule has 1 saturated carbocycles. The number of aliphatic carboxylic acids is 1. The Bertz CT molecular complexity index is 237. The summed E-state index contributed by atoms with van der Waals surface area (Å²) < 4.78 is 0. The number of carboxylic acid groups (broad SMARTS) is 1. The summed E-state index contributed by atoms with van der Waals surface area (Å²) in [5, 5.41) is 14.1. The van der Waals surface area contributed by atoms with Gasteiger partial charge in [-0.05, 0) is 19.8 Å². The van der Waals surface area contributed by atoms with Crippen LogP contribution in [0.1, 0.15) is 32.6 Å². The highest BCUT2D eigenvalue weighted by Gasteiger charge is 2.17. The van der Waals surface area contributed by atoms with Gasteiger partial charge in [-0.1, -0.05) is 12.8 Å². The van der Waals surface area contributed by atoms with Crippen molar-refractivity contribution in [2.24, 2.45) is 0 Å². The number of hydrogen-bond acceptors (Lipinski definition) is 3. The SMILES string of the molecule is C[C@@H](NC(=O)CNC1CCCC1)C(=O)O. The van der Waals surface area contributed by atoms with E-state index >= 15 is 0 Å². The fraction of sp³-hybridized carbons (Fsp3) is 0.800. The molecule has 0 bridgehead atoms. The van der Waals surface area contributed by atoms with Crippen LogP contribution >= 0.6 is 0 Å². The largest absolute Gasteiger partial charge is 0.480 e. The molecular weight excluding hydrogens is 196 g/mol. The molecule has 5 heteroatoms. The van der Waals surface area contributed by atoms with Crippen LogP contribution in [0.2, 0.25) is 0 Å². The Morgan fingerprint density at radius 1 is 1.40 bits per heavy atom. The molecule has 5 nitrogen and oxygen atoms in total. The fourth-order valence-corrected chi connectivity index (χ4v) is 1.72.